The summed E-state index contributed by atoms with van der Waals surface area (Å²) in [6.45, 7) is 0. The van der Waals surface area contributed by atoms with Crippen LogP contribution in [0.3, 0.4) is 0 Å². The summed E-state index contributed by atoms with van der Waals surface area (Å²) < 4.78 is 1.56. The van der Waals surface area contributed by atoms with Gasteiger partial charge in [0.15, 0.2) is 6.29 Å². The highest BCUT2D eigenvalue weighted by Crippen LogP contribution is 2.30. The number of hydrogen-bond donors (Lipinski definition) is 0. The van der Waals surface area contributed by atoms with Gasteiger partial charge in [-0.3, -0.25) is 4.79 Å². The van der Waals surface area contributed by atoms with Crippen LogP contribution in [0.25, 0.3) is 16.9 Å². The lowest BCUT2D eigenvalue weighted by Crippen LogP contribution is -1.94. The van der Waals surface area contributed by atoms with Gasteiger partial charge in [-0.05, 0) is 30.3 Å². The molecule has 0 saturated carbocycles. The van der Waals surface area contributed by atoms with Crippen molar-refractivity contribution in [2.24, 2.45) is 0 Å². The fraction of sp³-hybridized carbons (Fsp3) is 0. The van der Waals surface area contributed by atoms with E-state index >= 15 is 0 Å². The normalized spacial score (nSPS) is 10.8. The number of hydrogen-bond acceptors (Lipinski definition) is 2. The molecular weight excluding hydrogens is 378 g/mol. The highest BCUT2D eigenvalue weighted by Gasteiger charge is 2.13. The number of aldehydes is 1. The Morgan fingerprint density at radius 3 is 2.13 bits per heavy atom. The first kappa shape index (κ1) is 16.3. The molecule has 0 aliphatic rings. The number of nitrogens with zero attached hydrogens (tertiary/aromatic N) is 2. The van der Waals surface area contributed by atoms with Crippen LogP contribution in [0.4, 0.5) is 0 Å². The number of carbonyl (C=O) groups is 1. The molecule has 0 radical (unpaired) electrons. The van der Waals surface area contributed by atoms with Crippen LogP contribution in [0.1, 0.15) is 10.4 Å². The average Bonchev–Trinajstić information content (AvgIpc) is 2.97. The molecule has 7 heteroatoms. The van der Waals surface area contributed by atoms with E-state index in [4.69, 9.17) is 46.4 Å². The maximum absolute atomic E-state index is 11.4. The Bertz CT molecular complexity index is 905. The second-order valence-electron chi connectivity index (χ2n) is 4.72. The van der Waals surface area contributed by atoms with E-state index < -0.39 is 0 Å². The van der Waals surface area contributed by atoms with Crippen LogP contribution in [0.2, 0.25) is 20.1 Å². The summed E-state index contributed by atoms with van der Waals surface area (Å²) in [5.41, 5.74) is 2.31. The van der Waals surface area contributed by atoms with Crippen molar-refractivity contribution >= 4 is 52.7 Å². The van der Waals surface area contributed by atoms with Gasteiger partial charge in [0, 0.05) is 11.8 Å². The second kappa shape index (κ2) is 6.54. The Morgan fingerprint density at radius 2 is 1.52 bits per heavy atom. The van der Waals surface area contributed by atoms with Gasteiger partial charge in [-0.2, -0.15) is 5.10 Å². The fourth-order valence-corrected chi connectivity index (χ4v) is 2.69. The van der Waals surface area contributed by atoms with Gasteiger partial charge in [-0.25, -0.2) is 4.68 Å². The number of benzene rings is 2. The Kier molecular flexibility index (Phi) is 4.64. The van der Waals surface area contributed by atoms with Crippen LogP contribution < -0.4 is 0 Å². The zero-order valence-electron chi connectivity index (χ0n) is 11.4. The maximum Gasteiger partial charge on any atom is 0.153 e. The van der Waals surface area contributed by atoms with E-state index in [1.807, 2.05) is 0 Å². The summed E-state index contributed by atoms with van der Waals surface area (Å²) in [6, 6.07) is 10.2. The fourth-order valence-electron chi connectivity index (χ4n) is 2.10. The predicted molar refractivity (Wildman–Crippen MR) is 94.4 cm³/mol. The molecular formula is C16H8Cl4N2O. The van der Waals surface area contributed by atoms with Crippen molar-refractivity contribution in [3.63, 3.8) is 0 Å². The topological polar surface area (TPSA) is 34.9 Å². The van der Waals surface area contributed by atoms with Crippen molar-refractivity contribution in [1.29, 1.82) is 0 Å². The van der Waals surface area contributed by atoms with Gasteiger partial charge in [-0.15, -0.1) is 0 Å². The Morgan fingerprint density at radius 1 is 0.870 bits per heavy atom. The van der Waals surface area contributed by atoms with Crippen molar-refractivity contribution in [3.05, 3.63) is 68.2 Å². The van der Waals surface area contributed by atoms with Crippen molar-refractivity contribution in [2.45, 2.75) is 0 Å². The molecule has 0 bridgehead atoms. The second-order valence-corrected chi connectivity index (χ2v) is 6.35. The first-order chi connectivity index (χ1) is 11.0. The highest BCUT2D eigenvalue weighted by molar-refractivity contribution is 6.42. The minimum absolute atomic E-state index is 0.394. The molecule has 0 aliphatic heterocycles. The third kappa shape index (κ3) is 3.24. The minimum Gasteiger partial charge on any atom is -0.298 e. The monoisotopic (exact) mass is 384 g/mol. The molecule has 0 N–H and O–H groups in total. The number of carbonyl (C=O) groups excluding carboxylic acids is 1. The predicted octanol–water partition coefficient (Wildman–Crippen LogP) is 5.97. The van der Waals surface area contributed by atoms with Gasteiger partial charge in [0.2, 0.25) is 0 Å². The number of rotatable bonds is 3. The zero-order chi connectivity index (χ0) is 16.6. The van der Waals surface area contributed by atoms with Crippen molar-refractivity contribution in [1.82, 2.24) is 9.78 Å². The van der Waals surface area contributed by atoms with Gasteiger partial charge in [-0.1, -0.05) is 52.5 Å². The molecule has 1 heterocycles. The van der Waals surface area contributed by atoms with E-state index in [0.717, 1.165) is 6.29 Å². The summed E-state index contributed by atoms with van der Waals surface area (Å²) in [7, 11) is 0. The van der Waals surface area contributed by atoms with E-state index in [-0.39, 0.29) is 0 Å². The summed E-state index contributed by atoms with van der Waals surface area (Å²) in [4.78, 5) is 11.4. The van der Waals surface area contributed by atoms with Gasteiger partial charge in [0.1, 0.15) is 5.69 Å². The molecule has 0 saturated heterocycles. The van der Waals surface area contributed by atoms with Crippen LogP contribution in [0.5, 0.6) is 0 Å². The van der Waals surface area contributed by atoms with Crippen LogP contribution >= 0.6 is 46.4 Å². The molecule has 116 valence electrons. The molecule has 2 aromatic carbocycles. The lowest BCUT2D eigenvalue weighted by Gasteiger charge is -2.03. The standard InChI is InChI=1S/C16H8Cl4N2O/c17-12-3-1-9(5-14(12)19)16-10(8-23)7-22(21-16)11-2-4-13(18)15(20)6-11/h1-8H. The highest BCUT2D eigenvalue weighted by atomic mass is 35.5. The molecule has 0 amide bonds. The molecule has 3 aromatic rings. The smallest absolute Gasteiger partial charge is 0.153 e. The van der Waals surface area contributed by atoms with Gasteiger partial charge in [0.25, 0.3) is 0 Å². The summed E-state index contributed by atoms with van der Waals surface area (Å²) in [5, 5.41) is 6.13. The van der Waals surface area contributed by atoms with Crippen molar-refractivity contribution in [3.8, 4) is 16.9 Å². The Labute approximate surface area is 152 Å². The van der Waals surface area contributed by atoms with Crippen molar-refractivity contribution < 1.29 is 4.79 Å². The van der Waals surface area contributed by atoms with E-state index in [1.54, 1.807) is 47.3 Å². The molecule has 1 aromatic heterocycles. The molecule has 23 heavy (non-hydrogen) atoms. The quantitative estimate of drug-likeness (QED) is 0.521. The summed E-state index contributed by atoms with van der Waals surface area (Å²) in [5.74, 6) is 0. The van der Waals surface area contributed by atoms with Crippen LogP contribution in [-0.4, -0.2) is 16.1 Å². The third-order valence-electron chi connectivity index (χ3n) is 3.23. The van der Waals surface area contributed by atoms with Gasteiger partial charge < -0.3 is 0 Å². The van der Waals surface area contributed by atoms with Crippen LogP contribution in [0, 0.1) is 0 Å². The first-order valence-corrected chi connectivity index (χ1v) is 7.96. The largest absolute Gasteiger partial charge is 0.298 e. The van der Waals surface area contributed by atoms with E-state index in [0.29, 0.717) is 42.6 Å². The zero-order valence-corrected chi connectivity index (χ0v) is 14.5. The minimum atomic E-state index is 0.394. The Hall–Kier alpha value is -1.52. The Balaban J connectivity index is 2.12. The van der Waals surface area contributed by atoms with Gasteiger partial charge >= 0.3 is 0 Å². The van der Waals surface area contributed by atoms with E-state index in [2.05, 4.69) is 5.10 Å². The number of halogens is 4. The SMILES string of the molecule is O=Cc1cn(-c2ccc(Cl)c(Cl)c2)nc1-c1ccc(Cl)c(Cl)c1. The molecule has 0 fully saturated rings. The average molecular weight is 386 g/mol. The molecule has 3 nitrogen and oxygen atoms in total. The molecule has 0 atom stereocenters. The summed E-state index contributed by atoms with van der Waals surface area (Å²) in [6.07, 6.45) is 2.35. The molecule has 0 spiro atoms. The molecule has 0 aliphatic carbocycles. The third-order valence-corrected chi connectivity index (χ3v) is 4.71. The van der Waals surface area contributed by atoms with Crippen LogP contribution in [-0.2, 0) is 0 Å². The van der Waals surface area contributed by atoms with Crippen LogP contribution in [0.15, 0.2) is 42.6 Å². The number of aromatic nitrogens is 2. The van der Waals surface area contributed by atoms with Crippen molar-refractivity contribution in [2.75, 3.05) is 0 Å². The lowest BCUT2D eigenvalue weighted by molar-refractivity contribution is 0.112. The first-order valence-electron chi connectivity index (χ1n) is 6.45. The maximum atomic E-state index is 11.4. The van der Waals surface area contributed by atoms with Gasteiger partial charge in [0.05, 0.1) is 31.3 Å². The van der Waals surface area contributed by atoms with E-state index in [1.165, 1.54) is 0 Å². The molecule has 3 rings (SSSR count). The summed E-state index contributed by atoms with van der Waals surface area (Å²) >= 11 is 23.9. The van der Waals surface area contributed by atoms with E-state index in [9.17, 15) is 4.79 Å². The lowest BCUT2D eigenvalue weighted by atomic mass is 10.1. The molecule has 0 unspecified atom stereocenters.